The summed E-state index contributed by atoms with van der Waals surface area (Å²) in [5, 5.41) is 11.3. The summed E-state index contributed by atoms with van der Waals surface area (Å²) >= 11 is 3.43. The molecule has 4 aromatic rings. The largest absolute Gasteiger partial charge is 0.347 e. The summed E-state index contributed by atoms with van der Waals surface area (Å²) in [5.74, 6) is 0.0385. The van der Waals surface area contributed by atoms with Crippen LogP contribution in [0.15, 0.2) is 69.8 Å². The molecule has 0 fully saturated rings. The molecule has 0 aliphatic heterocycles. The average molecular weight is 466 g/mol. The van der Waals surface area contributed by atoms with Crippen LogP contribution >= 0.6 is 15.9 Å². The summed E-state index contributed by atoms with van der Waals surface area (Å²) in [7, 11) is 0. The van der Waals surface area contributed by atoms with Gasteiger partial charge in [-0.3, -0.25) is 4.79 Å². The second-order valence-corrected chi connectivity index (χ2v) is 7.91. The van der Waals surface area contributed by atoms with Gasteiger partial charge in [0.05, 0.1) is 16.9 Å². The fourth-order valence-electron chi connectivity index (χ4n) is 3.05. The first-order valence-corrected chi connectivity index (χ1v) is 10.3. The van der Waals surface area contributed by atoms with Crippen LogP contribution in [-0.2, 0) is 0 Å². The van der Waals surface area contributed by atoms with Crippen LogP contribution in [-0.4, -0.2) is 32.4 Å². The van der Waals surface area contributed by atoms with Crippen LogP contribution in [0.4, 0.5) is 0 Å². The van der Waals surface area contributed by atoms with Crippen LogP contribution in [0.25, 0.3) is 17.1 Å². The Morgan fingerprint density at radius 1 is 1.17 bits per heavy atom. The zero-order valence-corrected chi connectivity index (χ0v) is 18.1. The molecule has 7 nitrogen and oxygen atoms in total. The van der Waals surface area contributed by atoms with Gasteiger partial charge in [0.15, 0.2) is 0 Å². The lowest BCUT2D eigenvalue weighted by atomic mass is 10.0. The van der Waals surface area contributed by atoms with E-state index >= 15 is 0 Å². The Morgan fingerprint density at radius 2 is 1.90 bits per heavy atom. The molecule has 0 saturated carbocycles. The summed E-state index contributed by atoms with van der Waals surface area (Å²) in [6, 6.07) is 17.8. The predicted octanol–water partition coefficient (Wildman–Crippen LogP) is 4.53. The van der Waals surface area contributed by atoms with E-state index < -0.39 is 5.91 Å². The number of amides is 1. The minimum Gasteiger partial charge on any atom is -0.347 e. The Balaban J connectivity index is 1.46. The first-order chi connectivity index (χ1) is 14.5. The summed E-state index contributed by atoms with van der Waals surface area (Å²) in [6.45, 7) is 4.39. The van der Waals surface area contributed by atoms with E-state index in [0.29, 0.717) is 17.9 Å². The third kappa shape index (κ3) is 4.33. The van der Waals surface area contributed by atoms with E-state index in [9.17, 15) is 4.79 Å². The van der Waals surface area contributed by atoms with Crippen molar-refractivity contribution in [3.63, 3.8) is 0 Å². The number of hydrogen-bond donors (Lipinski definition) is 1. The van der Waals surface area contributed by atoms with Crippen molar-refractivity contribution in [2.24, 2.45) is 0 Å². The number of carbonyl (C=O) groups excluding carboxylic acids is 1. The lowest BCUT2D eigenvalue weighted by Gasteiger charge is -2.11. The van der Waals surface area contributed by atoms with Crippen molar-refractivity contribution < 1.29 is 9.32 Å². The molecule has 1 unspecified atom stereocenters. The van der Waals surface area contributed by atoms with Crippen molar-refractivity contribution in [2.75, 3.05) is 6.54 Å². The molecular weight excluding hydrogens is 446 g/mol. The molecule has 1 amide bonds. The monoisotopic (exact) mass is 465 g/mol. The molecule has 2 aromatic heterocycles. The maximum absolute atomic E-state index is 12.4. The number of hydrogen-bond acceptors (Lipinski definition) is 5. The Morgan fingerprint density at radius 3 is 2.63 bits per heavy atom. The SMILES string of the molecule is Cc1nn(-c2ccc(Br)cc2)cc1-c1noc(C(=O)NCC(C)c2ccccc2)n1. The van der Waals surface area contributed by atoms with Crippen LogP contribution in [0, 0.1) is 6.92 Å². The molecular formula is C22H20BrN5O2. The highest BCUT2D eigenvalue weighted by atomic mass is 79.9. The zero-order chi connectivity index (χ0) is 21.1. The fraction of sp³-hybridized carbons (Fsp3) is 0.182. The van der Waals surface area contributed by atoms with Gasteiger partial charge in [-0.25, -0.2) is 4.68 Å². The maximum atomic E-state index is 12.4. The molecule has 4 rings (SSSR count). The number of carbonyl (C=O) groups is 1. The first-order valence-electron chi connectivity index (χ1n) is 9.50. The third-order valence-electron chi connectivity index (χ3n) is 4.79. The van der Waals surface area contributed by atoms with Crippen molar-refractivity contribution >= 4 is 21.8 Å². The van der Waals surface area contributed by atoms with Crippen LogP contribution in [0.5, 0.6) is 0 Å². The number of nitrogens with zero attached hydrogens (tertiary/aromatic N) is 4. The molecule has 0 aliphatic rings. The summed E-state index contributed by atoms with van der Waals surface area (Å²) in [6.07, 6.45) is 1.82. The van der Waals surface area contributed by atoms with E-state index in [1.54, 1.807) is 4.68 Å². The zero-order valence-electron chi connectivity index (χ0n) is 16.5. The Bertz CT molecular complexity index is 1150. The molecule has 0 bridgehead atoms. The van der Waals surface area contributed by atoms with E-state index in [0.717, 1.165) is 21.4 Å². The molecule has 1 atom stereocenters. The van der Waals surface area contributed by atoms with Crippen molar-refractivity contribution in [1.29, 1.82) is 0 Å². The van der Waals surface area contributed by atoms with Gasteiger partial charge in [-0.1, -0.05) is 58.3 Å². The van der Waals surface area contributed by atoms with Crippen LogP contribution < -0.4 is 5.32 Å². The molecule has 0 radical (unpaired) electrons. The first kappa shape index (κ1) is 20.0. The molecule has 8 heteroatoms. The Kier molecular flexibility index (Phi) is 5.76. The number of rotatable bonds is 6. The summed E-state index contributed by atoms with van der Waals surface area (Å²) in [4.78, 5) is 16.7. The molecule has 1 N–H and O–H groups in total. The number of halogens is 1. The molecule has 152 valence electrons. The third-order valence-corrected chi connectivity index (χ3v) is 5.32. The van der Waals surface area contributed by atoms with Gasteiger partial charge in [0.25, 0.3) is 0 Å². The van der Waals surface area contributed by atoms with Crippen molar-refractivity contribution in [1.82, 2.24) is 25.2 Å². The van der Waals surface area contributed by atoms with Gasteiger partial charge in [0.2, 0.25) is 5.82 Å². The highest BCUT2D eigenvalue weighted by Crippen LogP contribution is 2.22. The minimum absolute atomic E-state index is 0.0685. The van der Waals surface area contributed by atoms with E-state index in [-0.39, 0.29) is 11.8 Å². The molecule has 0 spiro atoms. The smallest absolute Gasteiger partial charge is 0.316 e. The topological polar surface area (TPSA) is 85.8 Å². The Hall–Kier alpha value is -3.26. The minimum atomic E-state index is -0.394. The normalized spacial score (nSPS) is 12.0. The van der Waals surface area contributed by atoms with Gasteiger partial charge in [-0.2, -0.15) is 10.1 Å². The van der Waals surface area contributed by atoms with Crippen LogP contribution in [0.3, 0.4) is 0 Å². The lowest BCUT2D eigenvalue weighted by molar-refractivity contribution is 0.0908. The number of nitrogens with one attached hydrogen (secondary N) is 1. The summed E-state index contributed by atoms with van der Waals surface area (Å²) in [5.41, 5.74) is 3.51. The number of benzene rings is 2. The van der Waals surface area contributed by atoms with Gasteiger partial charge in [-0.05, 0) is 42.7 Å². The van der Waals surface area contributed by atoms with E-state index in [1.165, 1.54) is 0 Å². The standard InChI is InChI=1S/C22H20BrN5O2/c1-14(16-6-4-3-5-7-16)12-24-21(29)22-25-20(27-30-22)19-13-28(26-15(19)2)18-10-8-17(23)9-11-18/h3-11,13-14H,12H2,1-2H3,(H,24,29). The quantitative estimate of drug-likeness (QED) is 0.452. The molecule has 2 heterocycles. The van der Waals surface area contributed by atoms with E-state index in [1.807, 2.05) is 67.7 Å². The maximum Gasteiger partial charge on any atom is 0.316 e. The summed E-state index contributed by atoms with van der Waals surface area (Å²) < 4.78 is 7.92. The number of aryl methyl sites for hydroxylation is 1. The van der Waals surface area contributed by atoms with Crippen molar-refractivity contribution in [3.8, 4) is 17.1 Å². The van der Waals surface area contributed by atoms with Gasteiger partial charge >= 0.3 is 11.8 Å². The second-order valence-electron chi connectivity index (χ2n) is 6.99. The van der Waals surface area contributed by atoms with Crippen LogP contribution in [0.1, 0.15) is 34.8 Å². The molecule has 2 aromatic carbocycles. The van der Waals surface area contributed by atoms with Gasteiger partial charge in [0.1, 0.15) is 0 Å². The van der Waals surface area contributed by atoms with Crippen LogP contribution in [0.2, 0.25) is 0 Å². The highest BCUT2D eigenvalue weighted by molar-refractivity contribution is 9.10. The van der Waals surface area contributed by atoms with Crippen molar-refractivity contribution in [3.05, 3.63) is 82.4 Å². The lowest BCUT2D eigenvalue weighted by Crippen LogP contribution is -2.27. The average Bonchev–Trinajstić information content (AvgIpc) is 3.40. The van der Waals surface area contributed by atoms with Crippen molar-refractivity contribution in [2.45, 2.75) is 19.8 Å². The van der Waals surface area contributed by atoms with Gasteiger partial charge < -0.3 is 9.84 Å². The molecule has 0 aliphatic carbocycles. The molecule has 30 heavy (non-hydrogen) atoms. The van der Waals surface area contributed by atoms with E-state index in [4.69, 9.17) is 4.52 Å². The molecule has 0 saturated heterocycles. The van der Waals surface area contributed by atoms with E-state index in [2.05, 4.69) is 43.4 Å². The second kappa shape index (κ2) is 8.62. The van der Waals surface area contributed by atoms with Gasteiger partial charge in [0, 0.05) is 17.2 Å². The Labute approximate surface area is 182 Å². The predicted molar refractivity (Wildman–Crippen MR) is 116 cm³/mol. The fourth-order valence-corrected chi connectivity index (χ4v) is 3.32. The van der Waals surface area contributed by atoms with Gasteiger partial charge in [-0.15, -0.1) is 0 Å². The highest BCUT2D eigenvalue weighted by Gasteiger charge is 2.20. The number of aromatic nitrogens is 4.